The molecule has 30 heavy (non-hydrogen) atoms. The van der Waals surface area contributed by atoms with Crippen LogP contribution in [0.5, 0.6) is 5.75 Å². The molecule has 1 unspecified atom stereocenters. The lowest BCUT2D eigenvalue weighted by Crippen LogP contribution is -2.41. The number of nitrogens with one attached hydrogen (secondary N) is 1. The van der Waals surface area contributed by atoms with E-state index >= 15 is 0 Å². The average molecular weight is 428 g/mol. The van der Waals surface area contributed by atoms with Crippen molar-refractivity contribution in [2.24, 2.45) is 0 Å². The van der Waals surface area contributed by atoms with Gasteiger partial charge < -0.3 is 10.1 Å². The van der Waals surface area contributed by atoms with Crippen molar-refractivity contribution < 1.29 is 23.5 Å². The van der Waals surface area contributed by atoms with Crippen LogP contribution in [0.4, 0.5) is 9.18 Å². The fourth-order valence-electron chi connectivity index (χ4n) is 2.71. The smallest absolute Gasteiger partial charge is 0.293 e. The van der Waals surface area contributed by atoms with Gasteiger partial charge in [-0.2, -0.15) is 0 Å². The number of rotatable bonds is 7. The summed E-state index contributed by atoms with van der Waals surface area (Å²) < 4.78 is 18.6. The summed E-state index contributed by atoms with van der Waals surface area (Å²) in [5.41, 5.74) is 1.71. The average Bonchev–Trinajstić information content (AvgIpc) is 2.98. The fraction of sp³-hybridized carbons (Fsp3) is 0.227. The molecule has 1 saturated heterocycles. The van der Waals surface area contributed by atoms with Crippen LogP contribution < -0.4 is 10.1 Å². The lowest BCUT2D eigenvalue weighted by Gasteiger charge is -2.16. The van der Waals surface area contributed by atoms with Crippen molar-refractivity contribution in [3.05, 3.63) is 70.4 Å². The summed E-state index contributed by atoms with van der Waals surface area (Å²) >= 11 is 0.816. The van der Waals surface area contributed by atoms with E-state index in [-0.39, 0.29) is 29.7 Å². The molecule has 1 aliphatic heterocycles. The Hall–Kier alpha value is -3.13. The molecule has 1 atom stereocenters. The van der Waals surface area contributed by atoms with E-state index in [4.69, 9.17) is 4.74 Å². The van der Waals surface area contributed by atoms with E-state index in [9.17, 15) is 18.8 Å². The van der Waals surface area contributed by atoms with Crippen LogP contribution in [0.15, 0.2) is 53.4 Å². The van der Waals surface area contributed by atoms with Crippen molar-refractivity contribution in [3.63, 3.8) is 0 Å². The number of imide groups is 1. The molecule has 0 bridgehead atoms. The summed E-state index contributed by atoms with van der Waals surface area (Å²) in [5, 5.41) is 2.26. The van der Waals surface area contributed by atoms with E-state index in [1.54, 1.807) is 25.1 Å². The van der Waals surface area contributed by atoms with Gasteiger partial charge in [0.2, 0.25) is 0 Å². The summed E-state index contributed by atoms with van der Waals surface area (Å²) in [6, 6.07) is 13.0. The Labute approximate surface area is 178 Å². The van der Waals surface area contributed by atoms with E-state index in [0.717, 1.165) is 22.2 Å². The topological polar surface area (TPSA) is 75.7 Å². The Morgan fingerprint density at radius 3 is 2.50 bits per heavy atom. The Morgan fingerprint density at radius 2 is 1.83 bits per heavy atom. The fourth-order valence-corrected chi connectivity index (χ4v) is 3.58. The summed E-state index contributed by atoms with van der Waals surface area (Å²) in [6.07, 6.45) is 0.821. The van der Waals surface area contributed by atoms with Crippen LogP contribution >= 0.6 is 11.8 Å². The Bertz CT molecular complexity index is 974. The zero-order valence-corrected chi connectivity index (χ0v) is 17.4. The largest absolute Gasteiger partial charge is 0.481 e. The third-order valence-corrected chi connectivity index (χ3v) is 5.29. The predicted octanol–water partition coefficient (Wildman–Crippen LogP) is 3.75. The summed E-state index contributed by atoms with van der Waals surface area (Å²) in [6.45, 7) is 3.75. The molecular weight excluding hydrogens is 407 g/mol. The van der Waals surface area contributed by atoms with E-state index in [0.29, 0.717) is 11.3 Å². The molecule has 0 aliphatic carbocycles. The first-order valence-electron chi connectivity index (χ1n) is 9.35. The van der Waals surface area contributed by atoms with Crippen LogP contribution in [-0.2, 0) is 9.59 Å². The van der Waals surface area contributed by atoms with Gasteiger partial charge in [0.25, 0.3) is 17.1 Å². The van der Waals surface area contributed by atoms with Gasteiger partial charge in [-0.25, -0.2) is 4.39 Å². The molecule has 6 nitrogen and oxygen atoms in total. The summed E-state index contributed by atoms with van der Waals surface area (Å²) in [5.74, 6) is -0.575. The summed E-state index contributed by atoms with van der Waals surface area (Å²) in [7, 11) is 0. The van der Waals surface area contributed by atoms with Crippen molar-refractivity contribution in [2.45, 2.75) is 20.0 Å². The second-order valence-electron chi connectivity index (χ2n) is 6.75. The maximum Gasteiger partial charge on any atom is 0.293 e. The van der Waals surface area contributed by atoms with Gasteiger partial charge >= 0.3 is 0 Å². The number of hydrogen-bond acceptors (Lipinski definition) is 5. The minimum Gasteiger partial charge on any atom is -0.481 e. The van der Waals surface area contributed by atoms with Gasteiger partial charge in [0.05, 0.1) is 4.91 Å². The van der Waals surface area contributed by atoms with Crippen LogP contribution in [-0.4, -0.2) is 41.1 Å². The molecule has 0 saturated carbocycles. The number of carbonyl (C=O) groups excluding carboxylic acids is 3. The van der Waals surface area contributed by atoms with Crippen molar-refractivity contribution >= 4 is 34.9 Å². The normalized spacial score (nSPS) is 16.1. The lowest BCUT2D eigenvalue weighted by atomic mass is 10.2. The van der Waals surface area contributed by atoms with Gasteiger partial charge in [0.15, 0.2) is 6.10 Å². The molecule has 0 aromatic heterocycles. The first kappa shape index (κ1) is 21.6. The number of nitrogens with zero attached hydrogens (tertiary/aromatic N) is 1. The van der Waals surface area contributed by atoms with Gasteiger partial charge in [0, 0.05) is 13.1 Å². The van der Waals surface area contributed by atoms with Gasteiger partial charge in [-0.1, -0.05) is 29.8 Å². The van der Waals surface area contributed by atoms with Crippen molar-refractivity contribution in [2.75, 3.05) is 13.1 Å². The second kappa shape index (κ2) is 9.58. The molecule has 1 heterocycles. The predicted molar refractivity (Wildman–Crippen MR) is 113 cm³/mol. The van der Waals surface area contributed by atoms with Gasteiger partial charge in [-0.15, -0.1) is 0 Å². The zero-order chi connectivity index (χ0) is 21.7. The van der Waals surface area contributed by atoms with Crippen molar-refractivity contribution in [3.8, 4) is 5.75 Å². The van der Waals surface area contributed by atoms with Crippen LogP contribution in [0.25, 0.3) is 6.08 Å². The molecule has 156 valence electrons. The molecule has 0 spiro atoms. The van der Waals surface area contributed by atoms with Gasteiger partial charge in [0.1, 0.15) is 11.6 Å². The number of ether oxygens (including phenoxy) is 1. The molecule has 3 amide bonds. The highest BCUT2D eigenvalue weighted by Gasteiger charge is 2.34. The number of hydrogen-bond donors (Lipinski definition) is 1. The summed E-state index contributed by atoms with van der Waals surface area (Å²) in [4.78, 5) is 38.2. The first-order valence-corrected chi connectivity index (χ1v) is 10.2. The molecule has 2 aromatic carbocycles. The maximum absolute atomic E-state index is 13.0. The number of halogens is 1. The van der Waals surface area contributed by atoms with E-state index < -0.39 is 17.3 Å². The van der Waals surface area contributed by atoms with Crippen LogP contribution in [0, 0.1) is 12.7 Å². The first-order chi connectivity index (χ1) is 14.3. The SMILES string of the molecule is Cc1ccc(OC(C)C(=O)NCCN2C(=O)S/C(=C\c3ccc(F)cc3)C2=O)cc1. The minimum absolute atomic E-state index is 0.0500. The van der Waals surface area contributed by atoms with Crippen LogP contribution in [0.3, 0.4) is 0 Å². The Balaban J connectivity index is 1.50. The molecule has 0 radical (unpaired) electrons. The number of thioether (sulfide) groups is 1. The standard InChI is InChI=1S/C22H21FN2O4S/c1-14-3-9-18(10-4-14)29-15(2)20(26)24-11-12-25-21(27)19(30-22(25)28)13-16-5-7-17(23)8-6-16/h3-10,13,15H,11-12H2,1-2H3,(H,24,26)/b19-13-. The molecule has 1 N–H and O–H groups in total. The van der Waals surface area contributed by atoms with Crippen LogP contribution in [0.1, 0.15) is 18.1 Å². The van der Waals surface area contributed by atoms with E-state index in [1.807, 2.05) is 19.1 Å². The minimum atomic E-state index is -0.721. The highest BCUT2D eigenvalue weighted by Crippen LogP contribution is 2.31. The third kappa shape index (κ3) is 5.48. The highest BCUT2D eigenvalue weighted by molar-refractivity contribution is 8.18. The molecule has 1 fully saturated rings. The molecule has 1 aliphatic rings. The van der Waals surface area contributed by atoms with Gasteiger partial charge in [-0.05, 0) is 61.5 Å². The quantitative estimate of drug-likeness (QED) is 0.680. The molecule has 2 aromatic rings. The highest BCUT2D eigenvalue weighted by atomic mass is 32.2. The molecule has 8 heteroatoms. The third-order valence-electron chi connectivity index (χ3n) is 4.38. The lowest BCUT2D eigenvalue weighted by molar-refractivity contribution is -0.128. The molecular formula is C22H21FN2O4S. The number of carbonyl (C=O) groups is 3. The zero-order valence-electron chi connectivity index (χ0n) is 16.6. The molecule has 3 rings (SSSR count). The number of aryl methyl sites for hydroxylation is 1. The van der Waals surface area contributed by atoms with E-state index in [1.165, 1.54) is 24.3 Å². The maximum atomic E-state index is 13.0. The monoisotopic (exact) mass is 428 g/mol. The Morgan fingerprint density at radius 1 is 1.17 bits per heavy atom. The second-order valence-corrected chi connectivity index (χ2v) is 7.74. The van der Waals surface area contributed by atoms with Crippen molar-refractivity contribution in [1.82, 2.24) is 10.2 Å². The van der Waals surface area contributed by atoms with Crippen molar-refractivity contribution in [1.29, 1.82) is 0 Å². The van der Waals surface area contributed by atoms with Gasteiger partial charge in [-0.3, -0.25) is 19.3 Å². The number of amides is 3. The Kier molecular flexibility index (Phi) is 6.89. The van der Waals surface area contributed by atoms with Crippen LogP contribution in [0.2, 0.25) is 0 Å². The van der Waals surface area contributed by atoms with E-state index in [2.05, 4.69) is 5.32 Å². The number of benzene rings is 2.